The van der Waals surface area contributed by atoms with Crippen LogP contribution in [0.4, 0.5) is 0 Å². The lowest BCUT2D eigenvalue weighted by atomic mass is 9.90. The molecule has 2 N–H and O–H groups in total. The van der Waals surface area contributed by atoms with Crippen LogP contribution < -0.4 is 15.4 Å². The zero-order valence-electron chi connectivity index (χ0n) is 26.7. The third-order valence-electron chi connectivity index (χ3n) is 7.48. The summed E-state index contributed by atoms with van der Waals surface area (Å²) in [6.07, 6.45) is 4.79. The minimum atomic E-state index is -0.535. The largest absolute Gasteiger partial charge is 0.494 e. The molecule has 2 aromatic carbocycles. The highest BCUT2D eigenvalue weighted by atomic mass is 16.7. The Bertz CT molecular complexity index is 1390. The van der Waals surface area contributed by atoms with Crippen molar-refractivity contribution in [1.29, 1.82) is 0 Å². The first-order valence-corrected chi connectivity index (χ1v) is 15.7. The monoisotopic (exact) mass is 619 g/mol. The number of carbonyl (C=O) groups is 4. The Morgan fingerprint density at radius 3 is 2.40 bits per heavy atom. The molecular weight excluding hydrogens is 574 g/mol. The first kappa shape index (κ1) is 35.0. The molecule has 10 nitrogen and oxygen atoms in total. The van der Waals surface area contributed by atoms with Gasteiger partial charge in [0.05, 0.1) is 25.2 Å². The smallest absolute Gasteiger partial charge is 0.288 e. The number of hydrogen-bond acceptors (Lipinski definition) is 7. The maximum absolute atomic E-state index is 13.4. The van der Waals surface area contributed by atoms with Crippen LogP contribution in [-0.4, -0.2) is 48.4 Å². The average molecular weight is 620 g/mol. The molecule has 3 aromatic rings. The molecule has 0 bridgehead atoms. The van der Waals surface area contributed by atoms with Crippen LogP contribution in [0.25, 0.3) is 11.3 Å². The highest BCUT2D eigenvalue weighted by molar-refractivity contribution is 5.97. The number of hydrogen-bond donors (Lipinski definition) is 2. The average Bonchev–Trinajstić information content (AvgIpc) is 3.56. The molecular formula is C35H45N3O7. The summed E-state index contributed by atoms with van der Waals surface area (Å²) in [5.41, 5.74) is 2.02. The molecule has 2 atom stereocenters. The zero-order chi connectivity index (χ0) is 32.6. The van der Waals surface area contributed by atoms with Crippen LogP contribution in [0.2, 0.25) is 0 Å². The lowest BCUT2D eigenvalue weighted by Crippen LogP contribution is -2.48. The summed E-state index contributed by atoms with van der Waals surface area (Å²) < 4.78 is 11.4. The van der Waals surface area contributed by atoms with Gasteiger partial charge in [0, 0.05) is 17.5 Å². The van der Waals surface area contributed by atoms with Gasteiger partial charge in [-0.05, 0) is 55.7 Å². The SMILES string of the molecule is CCCCCC(C(=O)NCNC(=O)c1ccc(-c2cc(OCC)cc(C(=O)CC)c2)o1)C(CC)N(C=O)OCc1ccccc1. The summed E-state index contributed by atoms with van der Waals surface area (Å²) in [6, 6.07) is 17.4. The maximum atomic E-state index is 13.4. The summed E-state index contributed by atoms with van der Waals surface area (Å²) >= 11 is 0. The van der Waals surface area contributed by atoms with Gasteiger partial charge in [-0.1, -0.05) is 70.4 Å². The summed E-state index contributed by atoms with van der Waals surface area (Å²) in [5.74, 6) is -0.368. The fourth-order valence-electron chi connectivity index (χ4n) is 5.08. The van der Waals surface area contributed by atoms with Crippen molar-refractivity contribution >= 4 is 24.0 Å². The molecule has 0 radical (unpaired) electrons. The molecule has 242 valence electrons. The van der Waals surface area contributed by atoms with E-state index in [0.29, 0.717) is 54.9 Å². The molecule has 0 saturated carbocycles. The van der Waals surface area contributed by atoms with Crippen LogP contribution in [0, 0.1) is 5.92 Å². The van der Waals surface area contributed by atoms with Gasteiger partial charge in [-0.15, -0.1) is 0 Å². The zero-order valence-corrected chi connectivity index (χ0v) is 26.7. The Labute approximate surface area is 265 Å². The maximum Gasteiger partial charge on any atom is 0.288 e. The Morgan fingerprint density at radius 2 is 1.73 bits per heavy atom. The molecule has 0 fully saturated rings. The molecule has 1 heterocycles. The van der Waals surface area contributed by atoms with Crippen LogP contribution in [0.15, 0.2) is 65.1 Å². The number of rotatable bonds is 20. The van der Waals surface area contributed by atoms with E-state index in [9.17, 15) is 19.2 Å². The standard InChI is InChI=1S/C35H45N3O7/c1-5-9-11-16-29(30(6-2)38(24-39)44-22-25-14-12-10-13-15-25)34(41)36-23-37-35(42)33-18-17-32(45-33)27-19-26(31(40)7-3)20-28(21-27)43-8-4/h10,12-15,17-21,24,29-30H,5-9,11,16,22-23H2,1-4H3,(H,36,41)(H,37,42). The van der Waals surface area contributed by atoms with Crippen LogP contribution in [-0.2, 0) is 21.0 Å². The lowest BCUT2D eigenvalue weighted by Gasteiger charge is -2.32. The number of hydroxylamine groups is 2. The van der Waals surface area contributed by atoms with E-state index in [-0.39, 0.29) is 30.7 Å². The number of Topliss-reactive ketones (excluding diaryl/α,β-unsaturated/α-hetero) is 1. The highest BCUT2D eigenvalue weighted by Gasteiger charge is 2.32. The third-order valence-corrected chi connectivity index (χ3v) is 7.48. The second-order valence-corrected chi connectivity index (χ2v) is 10.6. The van der Waals surface area contributed by atoms with Gasteiger partial charge in [-0.2, -0.15) is 0 Å². The molecule has 3 amide bonds. The number of unbranched alkanes of at least 4 members (excludes halogenated alkanes) is 2. The number of amides is 3. The van der Waals surface area contributed by atoms with Crippen molar-refractivity contribution < 1.29 is 33.2 Å². The number of nitrogens with zero attached hydrogens (tertiary/aromatic N) is 1. The summed E-state index contributed by atoms with van der Waals surface area (Å²) in [6.45, 7) is 8.15. The van der Waals surface area contributed by atoms with Gasteiger partial charge in [0.2, 0.25) is 12.3 Å². The Kier molecular flexibility index (Phi) is 14.3. The van der Waals surface area contributed by atoms with E-state index in [2.05, 4.69) is 17.6 Å². The quantitative estimate of drug-likeness (QED) is 0.0499. The fraction of sp³-hybridized carbons (Fsp3) is 0.429. The summed E-state index contributed by atoms with van der Waals surface area (Å²) in [4.78, 5) is 56.5. The van der Waals surface area contributed by atoms with Gasteiger partial charge in [0.25, 0.3) is 5.91 Å². The van der Waals surface area contributed by atoms with Crippen molar-refractivity contribution in [1.82, 2.24) is 15.7 Å². The first-order valence-electron chi connectivity index (χ1n) is 15.7. The Balaban J connectivity index is 1.65. The van der Waals surface area contributed by atoms with Crippen molar-refractivity contribution in [2.45, 2.75) is 78.9 Å². The van der Waals surface area contributed by atoms with Crippen LogP contribution >= 0.6 is 0 Å². The van der Waals surface area contributed by atoms with Gasteiger partial charge in [-0.25, -0.2) is 5.06 Å². The normalized spacial score (nSPS) is 12.2. The van der Waals surface area contributed by atoms with Gasteiger partial charge in [0.15, 0.2) is 11.5 Å². The van der Waals surface area contributed by atoms with Gasteiger partial charge < -0.3 is 19.8 Å². The summed E-state index contributed by atoms with van der Waals surface area (Å²) in [5, 5.41) is 6.72. The summed E-state index contributed by atoms with van der Waals surface area (Å²) in [7, 11) is 0. The number of nitrogens with one attached hydrogen (secondary N) is 2. The minimum Gasteiger partial charge on any atom is -0.494 e. The van der Waals surface area contributed by atoms with E-state index >= 15 is 0 Å². The Hall–Kier alpha value is -4.44. The van der Waals surface area contributed by atoms with Crippen molar-refractivity contribution in [3.63, 3.8) is 0 Å². The fourth-order valence-corrected chi connectivity index (χ4v) is 5.08. The lowest BCUT2D eigenvalue weighted by molar-refractivity contribution is -0.200. The van der Waals surface area contributed by atoms with Crippen molar-refractivity contribution in [3.05, 3.63) is 77.6 Å². The number of furan rings is 1. The topological polar surface area (TPSA) is 127 Å². The number of ether oxygens (including phenoxy) is 1. The van der Waals surface area contributed by atoms with Crippen LogP contribution in [0.3, 0.4) is 0 Å². The molecule has 3 rings (SSSR count). The first-order chi connectivity index (χ1) is 21.8. The van der Waals surface area contributed by atoms with E-state index in [0.717, 1.165) is 24.8 Å². The van der Waals surface area contributed by atoms with Crippen molar-refractivity contribution in [2.24, 2.45) is 5.92 Å². The van der Waals surface area contributed by atoms with E-state index in [1.165, 1.54) is 11.1 Å². The van der Waals surface area contributed by atoms with E-state index in [1.807, 2.05) is 44.2 Å². The molecule has 0 aliphatic heterocycles. The molecule has 2 unspecified atom stereocenters. The third kappa shape index (κ3) is 10.3. The second-order valence-electron chi connectivity index (χ2n) is 10.6. The second kappa shape index (κ2) is 18.4. The number of carbonyl (C=O) groups excluding carboxylic acids is 4. The van der Waals surface area contributed by atoms with E-state index in [1.54, 1.807) is 31.2 Å². The van der Waals surface area contributed by atoms with Crippen LogP contribution in [0.5, 0.6) is 5.75 Å². The molecule has 0 spiro atoms. The molecule has 45 heavy (non-hydrogen) atoms. The number of ketones is 1. The van der Waals surface area contributed by atoms with Gasteiger partial charge >= 0.3 is 0 Å². The molecule has 10 heteroatoms. The Morgan fingerprint density at radius 1 is 0.956 bits per heavy atom. The predicted octanol–water partition coefficient (Wildman–Crippen LogP) is 6.31. The van der Waals surface area contributed by atoms with Gasteiger partial charge in [-0.3, -0.25) is 24.0 Å². The molecule has 0 aliphatic rings. The van der Waals surface area contributed by atoms with E-state index in [4.69, 9.17) is 14.0 Å². The predicted molar refractivity (Wildman–Crippen MR) is 171 cm³/mol. The van der Waals surface area contributed by atoms with Crippen LogP contribution in [0.1, 0.15) is 92.7 Å². The minimum absolute atomic E-state index is 0.0320. The van der Waals surface area contributed by atoms with Crippen molar-refractivity contribution in [2.75, 3.05) is 13.3 Å². The highest BCUT2D eigenvalue weighted by Crippen LogP contribution is 2.29. The number of benzene rings is 2. The van der Waals surface area contributed by atoms with Gasteiger partial charge in [0.1, 0.15) is 18.1 Å². The molecule has 0 saturated heterocycles. The molecule has 1 aromatic heterocycles. The van der Waals surface area contributed by atoms with Crippen molar-refractivity contribution in [3.8, 4) is 17.1 Å². The molecule has 0 aliphatic carbocycles. The van der Waals surface area contributed by atoms with E-state index < -0.39 is 17.9 Å².